The van der Waals surface area contributed by atoms with E-state index in [0.29, 0.717) is 30.4 Å². The third kappa shape index (κ3) is 7.88. The summed E-state index contributed by atoms with van der Waals surface area (Å²) in [4.78, 5) is 27.8. The van der Waals surface area contributed by atoms with Gasteiger partial charge < -0.3 is 14.8 Å². The van der Waals surface area contributed by atoms with Gasteiger partial charge in [0.15, 0.2) is 0 Å². The van der Waals surface area contributed by atoms with Crippen LogP contribution in [0, 0.1) is 11.8 Å². The molecule has 1 aliphatic heterocycles. The van der Waals surface area contributed by atoms with Crippen molar-refractivity contribution in [2.75, 3.05) is 6.54 Å². The monoisotopic (exact) mass is 458 g/mol. The van der Waals surface area contributed by atoms with Gasteiger partial charge in [-0.2, -0.15) is 0 Å². The lowest BCUT2D eigenvalue weighted by molar-refractivity contribution is -0.118. The molecule has 0 saturated carbocycles. The summed E-state index contributed by atoms with van der Waals surface area (Å²) in [6.07, 6.45) is 3.42. The normalized spacial score (nSPS) is 20.4. The number of nitrogens with zero attached hydrogens (tertiary/aromatic N) is 1. The first-order chi connectivity index (χ1) is 15.5. The third-order valence-corrected chi connectivity index (χ3v) is 5.68. The summed E-state index contributed by atoms with van der Waals surface area (Å²) >= 11 is 0. The maximum Gasteiger partial charge on any atom is 0.412 e. The van der Waals surface area contributed by atoms with Gasteiger partial charge in [-0.15, -0.1) is 0 Å². The Hall–Kier alpha value is -2.34. The van der Waals surface area contributed by atoms with E-state index in [9.17, 15) is 9.59 Å². The molecule has 184 valence electrons. The van der Waals surface area contributed by atoms with E-state index in [2.05, 4.69) is 39.9 Å². The van der Waals surface area contributed by atoms with Crippen molar-refractivity contribution in [2.45, 2.75) is 92.2 Å². The van der Waals surface area contributed by atoms with Crippen molar-refractivity contribution in [1.29, 1.82) is 0 Å². The third-order valence-electron chi connectivity index (χ3n) is 5.68. The SMILES string of the molecule is CCCC(=C[C@@H]1OC(C)(C)N(C(=O)OCc2ccccc2)[C@H]1CC(C)C)C(=O)NCC(C)C. The van der Waals surface area contributed by atoms with Crippen molar-refractivity contribution in [2.24, 2.45) is 11.8 Å². The molecule has 1 aromatic carbocycles. The first-order valence-corrected chi connectivity index (χ1v) is 12.2. The number of ether oxygens (including phenoxy) is 2. The number of carbonyl (C=O) groups is 2. The maximum absolute atomic E-state index is 13.2. The Morgan fingerprint density at radius 3 is 2.39 bits per heavy atom. The molecule has 1 N–H and O–H groups in total. The van der Waals surface area contributed by atoms with Crippen LogP contribution in [-0.2, 0) is 20.9 Å². The summed E-state index contributed by atoms with van der Waals surface area (Å²) in [5.41, 5.74) is 0.806. The number of hydrogen-bond donors (Lipinski definition) is 1. The van der Waals surface area contributed by atoms with Crippen LogP contribution >= 0.6 is 0 Å². The van der Waals surface area contributed by atoms with Gasteiger partial charge in [0, 0.05) is 12.1 Å². The van der Waals surface area contributed by atoms with Gasteiger partial charge in [-0.05, 0) is 50.2 Å². The lowest BCUT2D eigenvalue weighted by atomic mass is 9.96. The van der Waals surface area contributed by atoms with Crippen molar-refractivity contribution < 1.29 is 19.1 Å². The highest BCUT2D eigenvalue weighted by Crippen LogP contribution is 2.37. The predicted molar refractivity (Wildman–Crippen MR) is 131 cm³/mol. The summed E-state index contributed by atoms with van der Waals surface area (Å²) in [7, 11) is 0. The molecule has 2 rings (SSSR count). The average Bonchev–Trinajstić information content (AvgIpc) is 2.99. The summed E-state index contributed by atoms with van der Waals surface area (Å²) in [5, 5.41) is 3.02. The molecule has 2 atom stereocenters. The summed E-state index contributed by atoms with van der Waals surface area (Å²) in [6, 6.07) is 9.44. The molecule has 0 unspecified atom stereocenters. The number of amides is 2. The Morgan fingerprint density at radius 2 is 1.82 bits per heavy atom. The first-order valence-electron chi connectivity index (χ1n) is 12.2. The zero-order valence-electron chi connectivity index (χ0n) is 21.4. The molecule has 2 amide bonds. The second kappa shape index (κ2) is 12.2. The molecular weight excluding hydrogens is 416 g/mol. The van der Waals surface area contributed by atoms with Crippen LogP contribution in [0.2, 0.25) is 0 Å². The lowest BCUT2D eigenvalue weighted by Crippen LogP contribution is -2.49. The van der Waals surface area contributed by atoms with E-state index in [4.69, 9.17) is 9.47 Å². The van der Waals surface area contributed by atoms with E-state index < -0.39 is 11.8 Å². The number of nitrogens with one attached hydrogen (secondary N) is 1. The maximum atomic E-state index is 13.2. The topological polar surface area (TPSA) is 67.9 Å². The fourth-order valence-corrected chi connectivity index (χ4v) is 4.18. The molecule has 0 aromatic heterocycles. The highest BCUT2D eigenvalue weighted by Gasteiger charge is 2.50. The Bertz CT molecular complexity index is 802. The van der Waals surface area contributed by atoms with E-state index in [0.717, 1.165) is 18.4 Å². The zero-order chi connectivity index (χ0) is 24.6. The first kappa shape index (κ1) is 26.9. The van der Waals surface area contributed by atoms with Gasteiger partial charge in [-0.25, -0.2) is 4.79 Å². The van der Waals surface area contributed by atoms with Gasteiger partial charge in [-0.1, -0.05) is 71.4 Å². The van der Waals surface area contributed by atoms with Crippen molar-refractivity contribution in [3.63, 3.8) is 0 Å². The fourth-order valence-electron chi connectivity index (χ4n) is 4.18. The van der Waals surface area contributed by atoms with Crippen LogP contribution in [-0.4, -0.2) is 41.3 Å². The van der Waals surface area contributed by atoms with E-state index in [1.165, 1.54) is 0 Å². The second-order valence-electron chi connectivity index (χ2n) is 10.2. The van der Waals surface area contributed by atoms with E-state index in [1.807, 2.05) is 50.3 Å². The number of benzene rings is 1. The summed E-state index contributed by atoms with van der Waals surface area (Å²) < 4.78 is 12.0. The zero-order valence-corrected chi connectivity index (χ0v) is 21.4. The highest BCUT2D eigenvalue weighted by atomic mass is 16.6. The molecule has 1 aliphatic rings. The molecule has 1 aromatic rings. The molecule has 0 radical (unpaired) electrons. The number of hydrogen-bond acceptors (Lipinski definition) is 4. The molecule has 1 fully saturated rings. The van der Waals surface area contributed by atoms with Gasteiger partial charge in [-0.3, -0.25) is 9.69 Å². The van der Waals surface area contributed by atoms with Crippen LogP contribution in [0.3, 0.4) is 0 Å². The van der Waals surface area contributed by atoms with Crippen LogP contribution in [0.25, 0.3) is 0 Å². The van der Waals surface area contributed by atoms with Crippen molar-refractivity contribution >= 4 is 12.0 Å². The quantitative estimate of drug-likeness (QED) is 0.459. The largest absolute Gasteiger partial charge is 0.444 e. The van der Waals surface area contributed by atoms with E-state index >= 15 is 0 Å². The minimum atomic E-state index is -0.847. The van der Waals surface area contributed by atoms with Crippen molar-refractivity contribution in [3.8, 4) is 0 Å². The minimum Gasteiger partial charge on any atom is -0.444 e. The van der Waals surface area contributed by atoms with Gasteiger partial charge in [0.1, 0.15) is 12.3 Å². The van der Waals surface area contributed by atoms with E-state index in [1.54, 1.807) is 4.90 Å². The van der Waals surface area contributed by atoms with Gasteiger partial charge >= 0.3 is 6.09 Å². The van der Waals surface area contributed by atoms with E-state index in [-0.39, 0.29) is 24.7 Å². The average molecular weight is 459 g/mol. The molecule has 1 heterocycles. The molecule has 6 heteroatoms. The van der Waals surface area contributed by atoms with Crippen molar-refractivity contribution in [1.82, 2.24) is 10.2 Å². The van der Waals surface area contributed by atoms with Crippen LogP contribution in [0.4, 0.5) is 4.79 Å². The molecule has 33 heavy (non-hydrogen) atoms. The Morgan fingerprint density at radius 1 is 1.15 bits per heavy atom. The summed E-state index contributed by atoms with van der Waals surface area (Å²) in [5.74, 6) is 0.666. The highest BCUT2D eigenvalue weighted by molar-refractivity contribution is 5.93. The Labute approximate surface area is 199 Å². The smallest absolute Gasteiger partial charge is 0.412 e. The second-order valence-corrected chi connectivity index (χ2v) is 10.2. The Kier molecular flexibility index (Phi) is 9.96. The summed E-state index contributed by atoms with van der Waals surface area (Å²) in [6.45, 7) is 15.1. The van der Waals surface area contributed by atoms with Gasteiger partial charge in [0.2, 0.25) is 5.91 Å². The molecule has 1 saturated heterocycles. The molecular formula is C27H42N2O4. The van der Waals surface area contributed by atoms with Crippen LogP contribution < -0.4 is 5.32 Å². The number of carbonyl (C=O) groups excluding carboxylic acids is 2. The molecule has 0 aliphatic carbocycles. The lowest BCUT2D eigenvalue weighted by Gasteiger charge is -2.33. The van der Waals surface area contributed by atoms with Crippen LogP contribution in [0.15, 0.2) is 42.0 Å². The molecule has 6 nitrogen and oxygen atoms in total. The number of rotatable bonds is 10. The fraction of sp³-hybridized carbons (Fsp3) is 0.630. The van der Waals surface area contributed by atoms with Gasteiger partial charge in [0.25, 0.3) is 0 Å². The standard InChI is InChI=1S/C27H42N2O4/c1-8-12-22(25(30)28-17-20(4)5)16-24-23(15-19(2)3)29(27(6,7)33-24)26(31)32-18-21-13-10-9-11-14-21/h9-11,13-14,16,19-20,23-24H,8,12,15,17-18H2,1-7H3,(H,28,30)/t23-,24-/m0/s1. The van der Waals surface area contributed by atoms with Gasteiger partial charge in [0.05, 0.1) is 12.1 Å². The minimum absolute atomic E-state index is 0.0552. The molecule has 0 spiro atoms. The van der Waals surface area contributed by atoms with Crippen LogP contribution in [0.1, 0.15) is 73.3 Å². The predicted octanol–water partition coefficient (Wildman–Crippen LogP) is 5.67. The Balaban J connectivity index is 2.27. The van der Waals surface area contributed by atoms with Crippen molar-refractivity contribution in [3.05, 3.63) is 47.5 Å². The molecule has 0 bridgehead atoms. The van der Waals surface area contributed by atoms with Crippen LogP contribution in [0.5, 0.6) is 0 Å².